The zero-order chi connectivity index (χ0) is 16.0. The number of hydrogen-bond donors (Lipinski definition) is 2. The van der Waals surface area contributed by atoms with E-state index < -0.39 is 17.7 Å². The normalized spacial score (nSPS) is 16.9. The molecule has 2 N–H and O–H groups in total. The van der Waals surface area contributed by atoms with Gasteiger partial charge in [-0.25, -0.2) is 9.59 Å². The lowest BCUT2D eigenvalue weighted by Gasteiger charge is -2.41. The summed E-state index contributed by atoms with van der Waals surface area (Å²) in [6, 6.07) is 9.55. The number of hydrogen-bond acceptors (Lipinski definition) is 3. The Kier molecular flexibility index (Phi) is 5.49. The zero-order valence-electron chi connectivity index (χ0n) is 12.1. The maximum atomic E-state index is 11.9. The molecule has 0 saturated carbocycles. The van der Waals surface area contributed by atoms with Crippen molar-refractivity contribution in [2.45, 2.75) is 18.4 Å². The van der Waals surface area contributed by atoms with Crippen LogP contribution in [0.15, 0.2) is 30.3 Å². The number of carboxylic acid groups (broad SMARTS) is 1. The minimum Gasteiger partial charge on any atom is -0.465 e. The smallest absolute Gasteiger partial charge is 0.407 e. The zero-order valence-corrected chi connectivity index (χ0v) is 12.9. The average molecular weight is 327 g/mol. The van der Waals surface area contributed by atoms with Crippen LogP contribution in [0.1, 0.15) is 18.4 Å². The van der Waals surface area contributed by atoms with Crippen LogP contribution in [-0.2, 0) is 10.3 Å². The molecule has 1 aromatic rings. The minimum absolute atomic E-state index is 0.138. The van der Waals surface area contributed by atoms with Crippen molar-refractivity contribution in [3.8, 4) is 0 Å². The molecular weight excluding hydrogens is 308 g/mol. The van der Waals surface area contributed by atoms with Gasteiger partial charge in [0.15, 0.2) is 0 Å². The van der Waals surface area contributed by atoms with Gasteiger partial charge >= 0.3 is 12.2 Å². The van der Waals surface area contributed by atoms with Crippen LogP contribution in [0.5, 0.6) is 0 Å². The van der Waals surface area contributed by atoms with E-state index in [4.69, 9.17) is 21.4 Å². The molecule has 6 nitrogen and oxygen atoms in total. The van der Waals surface area contributed by atoms with Crippen LogP contribution < -0.4 is 5.32 Å². The summed E-state index contributed by atoms with van der Waals surface area (Å²) < 4.78 is 5.00. The Morgan fingerprint density at radius 1 is 1.27 bits per heavy atom. The van der Waals surface area contributed by atoms with E-state index in [1.54, 1.807) is 0 Å². The van der Waals surface area contributed by atoms with Crippen LogP contribution in [-0.4, -0.2) is 47.8 Å². The van der Waals surface area contributed by atoms with Gasteiger partial charge in [-0.1, -0.05) is 30.3 Å². The first-order valence-corrected chi connectivity index (χ1v) is 7.65. The van der Waals surface area contributed by atoms with Crippen molar-refractivity contribution >= 4 is 23.8 Å². The first-order valence-electron chi connectivity index (χ1n) is 7.12. The molecule has 0 aliphatic carbocycles. The summed E-state index contributed by atoms with van der Waals surface area (Å²) >= 11 is 5.52. The number of halogens is 1. The number of carbonyl (C=O) groups excluding carboxylic acids is 1. The molecule has 1 aromatic carbocycles. The summed E-state index contributed by atoms with van der Waals surface area (Å²) in [5, 5.41) is 12.0. The summed E-state index contributed by atoms with van der Waals surface area (Å²) in [5.74, 6) is 0.235. The van der Waals surface area contributed by atoms with Gasteiger partial charge in [-0.05, 0) is 18.4 Å². The standard InChI is InChI=1S/C15H19ClN2O4/c16-8-11-22-13(19)17-15(12-4-2-1-3-5-12)6-9-18(10-7-15)14(20)21/h1-5H,6-11H2,(H,17,19)(H,20,21). The third-order valence-electron chi connectivity index (χ3n) is 3.87. The molecule has 120 valence electrons. The summed E-state index contributed by atoms with van der Waals surface area (Å²) in [6.07, 6.45) is -0.474. The second-order valence-corrected chi connectivity index (χ2v) is 5.55. The molecule has 7 heteroatoms. The van der Waals surface area contributed by atoms with Crippen molar-refractivity contribution in [1.82, 2.24) is 10.2 Å². The van der Waals surface area contributed by atoms with Gasteiger partial charge in [0.2, 0.25) is 0 Å². The van der Waals surface area contributed by atoms with Crippen molar-refractivity contribution < 1.29 is 19.4 Å². The Labute approximate surface area is 134 Å². The van der Waals surface area contributed by atoms with E-state index in [0.717, 1.165) is 5.56 Å². The van der Waals surface area contributed by atoms with Crippen LogP contribution >= 0.6 is 11.6 Å². The largest absolute Gasteiger partial charge is 0.465 e. The SMILES string of the molecule is O=C(NC1(c2ccccc2)CCN(C(=O)O)CC1)OCCCl. The van der Waals surface area contributed by atoms with Gasteiger partial charge in [0.1, 0.15) is 6.61 Å². The van der Waals surface area contributed by atoms with Gasteiger partial charge in [-0.15, -0.1) is 11.6 Å². The van der Waals surface area contributed by atoms with Gasteiger partial charge in [-0.2, -0.15) is 0 Å². The Bertz CT molecular complexity index is 516. The van der Waals surface area contributed by atoms with Crippen LogP contribution in [0.4, 0.5) is 9.59 Å². The first kappa shape index (κ1) is 16.4. The highest BCUT2D eigenvalue weighted by Crippen LogP contribution is 2.33. The summed E-state index contributed by atoms with van der Waals surface area (Å²) in [6.45, 7) is 0.861. The number of nitrogens with zero attached hydrogens (tertiary/aromatic N) is 1. The molecule has 0 spiro atoms. The third kappa shape index (κ3) is 3.82. The fourth-order valence-electron chi connectivity index (χ4n) is 2.69. The second-order valence-electron chi connectivity index (χ2n) is 5.17. The Balaban J connectivity index is 2.16. The molecule has 2 amide bonds. The van der Waals surface area contributed by atoms with Crippen molar-refractivity contribution in [2.75, 3.05) is 25.6 Å². The first-order chi connectivity index (χ1) is 10.6. The minimum atomic E-state index is -0.939. The highest BCUT2D eigenvalue weighted by molar-refractivity contribution is 6.18. The van der Waals surface area contributed by atoms with E-state index in [-0.39, 0.29) is 12.5 Å². The van der Waals surface area contributed by atoms with Crippen LogP contribution in [0.2, 0.25) is 0 Å². The van der Waals surface area contributed by atoms with E-state index in [2.05, 4.69) is 5.32 Å². The van der Waals surface area contributed by atoms with E-state index in [0.29, 0.717) is 25.9 Å². The van der Waals surface area contributed by atoms with Crippen LogP contribution in [0.3, 0.4) is 0 Å². The Morgan fingerprint density at radius 3 is 2.45 bits per heavy atom. The molecule has 1 fully saturated rings. The van der Waals surface area contributed by atoms with Crippen molar-refractivity contribution in [1.29, 1.82) is 0 Å². The molecule has 1 heterocycles. The molecular formula is C15H19ClN2O4. The Morgan fingerprint density at radius 2 is 1.91 bits per heavy atom. The number of amides is 2. The van der Waals surface area contributed by atoms with E-state index in [1.807, 2.05) is 30.3 Å². The Hall–Kier alpha value is -1.95. The monoisotopic (exact) mass is 326 g/mol. The lowest BCUT2D eigenvalue weighted by Crippen LogP contribution is -2.54. The predicted molar refractivity (Wildman–Crippen MR) is 82.2 cm³/mol. The van der Waals surface area contributed by atoms with Gasteiger partial charge in [-0.3, -0.25) is 0 Å². The number of carbonyl (C=O) groups is 2. The number of piperidine rings is 1. The molecule has 0 atom stereocenters. The lowest BCUT2D eigenvalue weighted by atomic mass is 9.81. The summed E-state index contributed by atoms with van der Waals surface area (Å²) in [5.41, 5.74) is 0.333. The molecule has 0 unspecified atom stereocenters. The second kappa shape index (κ2) is 7.35. The highest BCUT2D eigenvalue weighted by Gasteiger charge is 2.39. The fraction of sp³-hybridized carbons (Fsp3) is 0.467. The van der Waals surface area contributed by atoms with E-state index >= 15 is 0 Å². The molecule has 1 saturated heterocycles. The van der Waals surface area contributed by atoms with Crippen molar-refractivity contribution in [3.05, 3.63) is 35.9 Å². The van der Waals surface area contributed by atoms with Gasteiger partial charge in [0, 0.05) is 13.1 Å². The lowest BCUT2D eigenvalue weighted by molar-refractivity contribution is 0.0953. The average Bonchev–Trinajstić information content (AvgIpc) is 2.54. The molecule has 2 rings (SSSR count). The van der Waals surface area contributed by atoms with Crippen LogP contribution in [0, 0.1) is 0 Å². The maximum Gasteiger partial charge on any atom is 0.407 e. The number of nitrogens with one attached hydrogen (secondary N) is 1. The van der Waals surface area contributed by atoms with Gasteiger partial charge < -0.3 is 20.1 Å². The molecule has 22 heavy (non-hydrogen) atoms. The van der Waals surface area contributed by atoms with Crippen molar-refractivity contribution in [2.24, 2.45) is 0 Å². The molecule has 0 radical (unpaired) electrons. The third-order valence-corrected chi connectivity index (χ3v) is 4.02. The molecule has 1 aliphatic rings. The summed E-state index contributed by atoms with van der Waals surface area (Å²) in [4.78, 5) is 24.4. The van der Waals surface area contributed by atoms with Gasteiger partial charge in [0.25, 0.3) is 0 Å². The molecule has 0 aromatic heterocycles. The molecule has 0 bridgehead atoms. The van der Waals surface area contributed by atoms with E-state index in [9.17, 15) is 9.59 Å². The number of benzene rings is 1. The number of likely N-dealkylation sites (tertiary alicyclic amines) is 1. The molecule has 1 aliphatic heterocycles. The highest BCUT2D eigenvalue weighted by atomic mass is 35.5. The topological polar surface area (TPSA) is 78.9 Å². The number of rotatable bonds is 4. The quantitative estimate of drug-likeness (QED) is 0.834. The van der Waals surface area contributed by atoms with Crippen molar-refractivity contribution in [3.63, 3.8) is 0 Å². The number of alkyl carbamates (subject to hydrolysis) is 1. The van der Waals surface area contributed by atoms with E-state index in [1.165, 1.54) is 4.90 Å². The fourth-order valence-corrected chi connectivity index (χ4v) is 2.76. The number of alkyl halides is 1. The number of ether oxygens (including phenoxy) is 1. The maximum absolute atomic E-state index is 11.9. The van der Waals surface area contributed by atoms with Gasteiger partial charge in [0.05, 0.1) is 11.4 Å². The van der Waals surface area contributed by atoms with Crippen LogP contribution in [0.25, 0.3) is 0 Å². The summed E-state index contributed by atoms with van der Waals surface area (Å²) in [7, 11) is 0. The predicted octanol–water partition coefficient (Wildman–Crippen LogP) is 2.62.